The van der Waals surface area contributed by atoms with Crippen molar-refractivity contribution in [2.75, 3.05) is 11.1 Å². The van der Waals surface area contributed by atoms with Crippen molar-refractivity contribution in [3.63, 3.8) is 0 Å². The van der Waals surface area contributed by atoms with Gasteiger partial charge in [0.25, 0.3) is 0 Å². The normalized spacial score (nSPS) is 10.2. The van der Waals surface area contributed by atoms with Gasteiger partial charge in [0.1, 0.15) is 5.82 Å². The maximum absolute atomic E-state index is 11.3. The lowest BCUT2D eigenvalue weighted by Crippen LogP contribution is -2.04. The molecule has 0 aliphatic heterocycles. The second kappa shape index (κ2) is 4.69. The molecule has 2 rings (SSSR count). The van der Waals surface area contributed by atoms with Gasteiger partial charge in [-0.1, -0.05) is 0 Å². The van der Waals surface area contributed by atoms with E-state index in [9.17, 15) is 4.79 Å². The highest BCUT2D eigenvalue weighted by Gasteiger charge is 2.05. The first-order valence-electron chi connectivity index (χ1n) is 5.29. The van der Waals surface area contributed by atoms with Crippen molar-refractivity contribution in [3.8, 4) is 0 Å². The molecule has 0 saturated carbocycles. The second-order valence-corrected chi connectivity index (χ2v) is 3.75. The van der Waals surface area contributed by atoms with Crippen LogP contribution in [-0.2, 0) is 6.54 Å². The third kappa shape index (κ3) is 2.63. The Morgan fingerprint density at radius 1 is 1.53 bits per heavy atom. The van der Waals surface area contributed by atoms with E-state index in [1.165, 1.54) is 6.92 Å². The molecule has 5 nitrogen and oxygen atoms in total. The summed E-state index contributed by atoms with van der Waals surface area (Å²) in [6.07, 6.45) is 3.46. The van der Waals surface area contributed by atoms with Gasteiger partial charge in [-0.15, -0.1) is 0 Å². The third-order valence-corrected chi connectivity index (χ3v) is 2.45. The summed E-state index contributed by atoms with van der Waals surface area (Å²) in [6.45, 7) is 2.08. The first-order valence-corrected chi connectivity index (χ1v) is 5.29. The molecule has 0 aliphatic rings. The highest BCUT2D eigenvalue weighted by atomic mass is 16.1. The highest BCUT2D eigenvalue weighted by Crippen LogP contribution is 2.18. The fraction of sp³-hybridized carbons (Fsp3) is 0.167. The molecule has 4 N–H and O–H groups in total. The Balaban J connectivity index is 2.11. The molecular weight excluding hydrogens is 216 g/mol. The molecule has 1 heterocycles. The number of nitrogens with two attached hydrogens (primary N) is 1. The van der Waals surface area contributed by atoms with Crippen LogP contribution in [0.25, 0.3) is 0 Å². The van der Waals surface area contributed by atoms with Crippen LogP contribution in [0.2, 0.25) is 0 Å². The van der Waals surface area contributed by atoms with Gasteiger partial charge in [0.15, 0.2) is 5.78 Å². The van der Waals surface area contributed by atoms with Gasteiger partial charge in [0, 0.05) is 29.3 Å². The number of H-pyrrole nitrogens is 1. The standard InChI is InChI=1S/C12H14N4O/c1-8(17)10-6-9(2-3-11(10)13)16-7-12-14-4-5-15-12/h2-6,16H,7,13H2,1H3,(H,14,15). The van der Waals surface area contributed by atoms with Gasteiger partial charge in [-0.05, 0) is 25.1 Å². The van der Waals surface area contributed by atoms with Crippen LogP contribution in [0.4, 0.5) is 11.4 Å². The predicted octanol–water partition coefficient (Wildman–Crippen LogP) is 1.81. The Kier molecular flexibility index (Phi) is 3.09. The van der Waals surface area contributed by atoms with E-state index < -0.39 is 0 Å². The number of nitrogens with one attached hydrogen (secondary N) is 2. The second-order valence-electron chi connectivity index (χ2n) is 3.75. The molecule has 17 heavy (non-hydrogen) atoms. The van der Waals surface area contributed by atoms with Crippen LogP contribution < -0.4 is 11.1 Å². The Bertz CT molecular complexity index is 519. The molecule has 1 aromatic carbocycles. The van der Waals surface area contributed by atoms with Crippen LogP contribution in [0.1, 0.15) is 23.1 Å². The lowest BCUT2D eigenvalue weighted by atomic mass is 10.1. The van der Waals surface area contributed by atoms with Gasteiger partial charge in [-0.3, -0.25) is 4.79 Å². The Labute approximate surface area is 99.1 Å². The summed E-state index contributed by atoms with van der Waals surface area (Å²) in [5, 5.41) is 3.17. The molecule has 0 amide bonds. The minimum atomic E-state index is -0.0378. The van der Waals surface area contributed by atoms with Gasteiger partial charge < -0.3 is 16.0 Å². The van der Waals surface area contributed by atoms with Crippen molar-refractivity contribution in [1.82, 2.24) is 9.97 Å². The summed E-state index contributed by atoms with van der Waals surface area (Å²) in [6, 6.07) is 5.31. The molecule has 0 aliphatic carbocycles. The van der Waals surface area contributed by atoms with E-state index in [0.29, 0.717) is 17.8 Å². The average Bonchev–Trinajstić information content (AvgIpc) is 2.80. The van der Waals surface area contributed by atoms with Crippen molar-refractivity contribution in [1.29, 1.82) is 0 Å². The topological polar surface area (TPSA) is 83.8 Å². The maximum Gasteiger partial charge on any atom is 0.161 e. The van der Waals surface area contributed by atoms with E-state index in [0.717, 1.165) is 11.5 Å². The smallest absolute Gasteiger partial charge is 0.161 e. The molecular formula is C12H14N4O. The predicted molar refractivity (Wildman–Crippen MR) is 66.8 cm³/mol. The first kappa shape index (κ1) is 11.2. The summed E-state index contributed by atoms with van der Waals surface area (Å²) in [7, 11) is 0. The minimum Gasteiger partial charge on any atom is -0.398 e. The number of hydrogen-bond acceptors (Lipinski definition) is 4. The van der Waals surface area contributed by atoms with E-state index in [1.807, 2.05) is 6.07 Å². The average molecular weight is 230 g/mol. The van der Waals surface area contributed by atoms with Gasteiger partial charge in [0.2, 0.25) is 0 Å². The van der Waals surface area contributed by atoms with Crippen LogP contribution >= 0.6 is 0 Å². The van der Waals surface area contributed by atoms with Crippen LogP contribution in [0.3, 0.4) is 0 Å². The Hall–Kier alpha value is -2.30. The third-order valence-electron chi connectivity index (χ3n) is 2.45. The number of carbonyl (C=O) groups is 1. The number of Topliss-reactive ketones (excluding diaryl/α,β-unsaturated/α-hetero) is 1. The van der Waals surface area contributed by atoms with Crippen molar-refractivity contribution in [3.05, 3.63) is 42.0 Å². The van der Waals surface area contributed by atoms with Crippen molar-refractivity contribution in [2.45, 2.75) is 13.5 Å². The van der Waals surface area contributed by atoms with Crippen LogP contribution in [0.5, 0.6) is 0 Å². The monoisotopic (exact) mass is 230 g/mol. The fourth-order valence-corrected chi connectivity index (χ4v) is 1.55. The van der Waals surface area contributed by atoms with Crippen LogP contribution in [0, 0.1) is 0 Å². The SMILES string of the molecule is CC(=O)c1cc(NCc2ncc[nH]2)ccc1N. The van der Waals surface area contributed by atoms with E-state index in [-0.39, 0.29) is 5.78 Å². The number of nitrogens with zero attached hydrogens (tertiary/aromatic N) is 1. The van der Waals surface area contributed by atoms with Crippen LogP contribution in [-0.4, -0.2) is 15.8 Å². The van der Waals surface area contributed by atoms with Gasteiger partial charge in [0.05, 0.1) is 6.54 Å². The number of benzene rings is 1. The number of carbonyl (C=O) groups excluding carboxylic acids is 1. The van der Waals surface area contributed by atoms with Gasteiger partial charge in [-0.25, -0.2) is 4.98 Å². The number of aromatic amines is 1. The quantitative estimate of drug-likeness (QED) is 0.552. The van der Waals surface area contributed by atoms with E-state index in [4.69, 9.17) is 5.73 Å². The molecule has 0 radical (unpaired) electrons. The summed E-state index contributed by atoms with van der Waals surface area (Å²) >= 11 is 0. The number of hydrogen-bond donors (Lipinski definition) is 3. The zero-order valence-electron chi connectivity index (χ0n) is 9.53. The lowest BCUT2D eigenvalue weighted by Gasteiger charge is -2.08. The molecule has 2 aromatic rings. The zero-order valence-corrected chi connectivity index (χ0v) is 9.53. The summed E-state index contributed by atoms with van der Waals surface area (Å²) < 4.78 is 0. The largest absolute Gasteiger partial charge is 0.398 e. The minimum absolute atomic E-state index is 0.0378. The molecule has 5 heteroatoms. The summed E-state index contributed by atoms with van der Waals surface area (Å²) in [5.41, 5.74) is 7.60. The number of ketones is 1. The van der Waals surface area contributed by atoms with Crippen molar-refractivity contribution >= 4 is 17.2 Å². The van der Waals surface area contributed by atoms with Crippen molar-refractivity contribution < 1.29 is 4.79 Å². The van der Waals surface area contributed by atoms with Crippen LogP contribution in [0.15, 0.2) is 30.6 Å². The first-order chi connectivity index (χ1) is 8.16. The maximum atomic E-state index is 11.3. The van der Waals surface area contributed by atoms with Gasteiger partial charge >= 0.3 is 0 Å². The number of imidazole rings is 1. The number of aromatic nitrogens is 2. The van der Waals surface area contributed by atoms with E-state index >= 15 is 0 Å². The number of nitrogen functional groups attached to an aromatic ring is 1. The van der Waals surface area contributed by atoms with Gasteiger partial charge in [-0.2, -0.15) is 0 Å². The molecule has 0 fully saturated rings. The molecule has 0 unspecified atom stereocenters. The molecule has 0 spiro atoms. The number of anilines is 2. The molecule has 0 bridgehead atoms. The molecule has 88 valence electrons. The summed E-state index contributed by atoms with van der Waals surface area (Å²) in [4.78, 5) is 18.4. The lowest BCUT2D eigenvalue weighted by molar-refractivity contribution is 0.101. The zero-order chi connectivity index (χ0) is 12.3. The summed E-state index contributed by atoms with van der Waals surface area (Å²) in [5.74, 6) is 0.801. The number of rotatable bonds is 4. The van der Waals surface area contributed by atoms with Crippen molar-refractivity contribution in [2.24, 2.45) is 0 Å². The molecule has 0 saturated heterocycles. The van der Waals surface area contributed by atoms with E-state index in [1.54, 1.807) is 24.5 Å². The Morgan fingerprint density at radius 3 is 3.00 bits per heavy atom. The Morgan fingerprint density at radius 2 is 2.35 bits per heavy atom. The fourth-order valence-electron chi connectivity index (χ4n) is 1.55. The van der Waals surface area contributed by atoms with E-state index in [2.05, 4.69) is 15.3 Å². The highest BCUT2D eigenvalue weighted by molar-refractivity contribution is 5.99. The molecule has 0 atom stereocenters. The molecule has 1 aromatic heterocycles.